The summed E-state index contributed by atoms with van der Waals surface area (Å²) in [5.74, 6) is -0.815. The number of ether oxygens (including phenoxy) is 1. The van der Waals surface area contributed by atoms with E-state index in [4.69, 9.17) is 11.6 Å². The zero-order valence-corrected chi connectivity index (χ0v) is 15.5. The van der Waals surface area contributed by atoms with E-state index in [9.17, 15) is 26.4 Å². The van der Waals surface area contributed by atoms with Gasteiger partial charge in [-0.05, 0) is 41.4 Å². The van der Waals surface area contributed by atoms with E-state index in [0.717, 1.165) is 36.6 Å². The van der Waals surface area contributed by atoms with Gasteiger partial charge in [0.2, 0.25) is 0 Å². The number of methoxy groups -OCH3 is 1. The van der Waals surface area contributed by atoms with Crippen LogP contribution in [0.4, 0.5) is 18.9 Å². The number of benzene rings is 1. The molecule has 0 aliphatic heterocycles. The van der Waals surface area contributed by atoms with Crippen molar-refractivity contribution in [1.82, 2.24) is 0 Å². The van der Waals surface area contributed by atoms with Crippen LogP contribution >= 0.6 is 34.7 Å². The van der Waals surface area contributed by atoms with Crippen molar-refractivity contribution in [1.29, 1.82) is 0 Å². The number of carbonyl (C=O) groups excluding carboxylic acids is 1. The fraction of sp³-hybridized carbons (Fsp3) is 0.154. The first-order valence-electron chi connectivity index (χ1n) is 6.27. The second-order valence-corrected chi connectivity index (χ2v) is 8.49. The highest BCUT2D eigenvalue weighted by molar-refractivity contribution is 8.00. The van der Waals surface area contributed by atoms with Crippen LogP contribution in [0, 0.1) is 0 Å². The first-order valence-corrected chi connectivity index (χ1v) is 9.83. The third-order valence-corrected chi connectivity index (χ3v) is 6.38. The quantitative estimate of drug-likeness (QED) is 0.553. The fourth-order valence-corrected chi connectivity index (χ4v) is 4.96. The third-order valence-electron chi connectivity index (χ3n) is 2.70. The number of hydrogen-bond acceptors (Lipinski definition) is 6. The number of anilines is 1. The Morgan fingerprint density at radius 2 is 2.00 bits per heavy atom. The second-order valence-electron chi connectivity index (χ2n) is 4.40. The van der Waals surface area contributed by atoms with Gasteiger partial charge < -0.3 is 4.74 Å². The number of thiophene rings is 1. The number of carbonyl (C=O) groups is 1. The molecule has 0 amide bonds. The van der Waals surface area contributed by atoms with E-state index in [1.165, 1.54) is 11.4 Å². The molecule has 0 aliphatic carbocycles. The van der Waals surface area contributed by atoms with Gasteiger partial charge in [0.15, 0.2) is 0 Å². The van der Waals surface area contributed by atoms with Crippen molar-refractivity contribution >= 4 is 56.4 Å². The Balaban J connectivity index is 2.29. The van der Waals surface area contributed by atoms with E-state index >= 15 is 0 Å². The average Bonchev–Trinajstić information content (AvgIpc) is 2.98. The summed E-state index contributed by atoms with van der Waals surface area (Å²) in [6.45, 7) is 0. The van der Waals surface area contributed by atoms with Crippen LogP contribution in [0.15, 0.2) is 39.4 Å². The maximum Gasteiger partial charge on any atom is 0.446 e. The van der Waals surface area contributed by atoms with Gasteiger partial charge in [-0.1, -0.05) is 11.6 Å². The molecule has 25 heavy (non-hydrogen) atoms. The smallest absolute Gasteiger partial charge is 0.446 e. The molecular weight excluding hydrogens is 423 g/mol. The first kappa shape index (κ1) is 19.9. The molecule has 0 bridgehead atoms. The molecule has 2 rings (SSSR count). The normalized spacial score (nSPS) is 12.0. The molecule has 0 atom stereocenters. The van der Waals surface area contributed by atoms with Crippen molar-refractivity contribution in [2.45, 2.75) is 15.3 Å². The Kier molecular flexibility index (Phi) is 5.92. The maximum absolute atomic E-state index is 12.4. The molecule has 1 N–H and O–H groups in total. The van der Waals surface area contributed by atoms with E-state index in [-0.39, 0.29) is 25.4 Å². The minimum Gasteiger partial charge on any atom is -0.465 e. The van der Waals surface area contributed by atoms with Crippen LogP contribution in [0.3, 0.4) is 0 Å². The Morgan fingerprint density at radius 1 is 1.32 bits per heavy atom. The number of sulfonamides is 1. The fourth-order valence-electron chi connectivity index (χ4n) is 1.73. The van der Waals surface area contributed by atoms with Crippen molar-refractivity contribution in [3.63, 3.8) is 0 Å². The number of thioether (sulfide) groups is 1. The monoisotopic (exact) mass is 431 g/mol. The summed E-state index contributed by atoms with van der Waals surface area (Å²) in [5.41, 5.74) is -4.56. The molecule has 1 heterocycles. The Hall–Kier alpha value is -1.43. The van der Waals surface area contributed by atoms with Crippen molar-refractivity contribution in [3.8, 4) is 0 Å². The number of esters is 1. The zero-order chi connectivity index (χ0) is 18.8. The number of alkyl halides is 3. The highest BCUT2D eigenvalue weighted by Crippen LogP contribution is 2.41. The standard InChI is InChI=1S/C13H9ClF3NO4S3/c1-22-12(19)11-10(4-5-23-11)25(20,21)18-7-2-3-9(8(14)6-7)24-13(15,16)17/h2-6,18H,1H3. The summed E-state index contributed by atoms with van der Waals surface area (Å²) >= 11 is 6.24. The van der Waals surface area contributed by atoms with Gasteiger partial charge in [-0.3, -0.25) is 4.72 Å². The molecule has 0 saturated heterocycles. The zero-order valence-electron chi connectivity index (χ0n) is 12.3. The van der Waals surface area contributed by atoms with Gasteiger partial charge in [0.1, 0.15) is 9.77 Å². The number of nitrogens with one attached hydrogen (secondary N) is 1. The van der Waals surface area contributed by atoms with E-state index in [1.54, 1.807) is 0 Å². The molecule has 1 aromatic heterocycles. The summed E-state index contributed by atoms with van der Waals surface area (Å²) in [7, 11) is -3.03. The first-order chi connectivity index (χ1) is 11.5. The van der Waals surface area contributed by atoms with Crippen LogP contribution in [-0.2, 0) is 14.8 Å². The summed E-state index contributed by atoms with van der Waals surface area (Å²) < 4.78 is 68.6. The highest BCUT2D eigenvalue weighted by atomic mass is 35.5. The minimum atomic E-state index is -4.52. The molecule has 0 fully saturated rings. The van der Waals surface area contributed by atoms with Gasteiger partial charge in [0.25, 0.3) is 10.0 Å². The SMILES string of the molecule is COC(=O)c1sccc1S(=O)(=O)Nc1ccc(SC(F)(F)F)c(Cl)c1. The topological polar surface area (TPSA) is 72.5 Å². The van der Waals surface area contributed by atoms with Gasteiger partial charge in [-0.25, -0.2) is 13.2 Å². The van der Waals surface area contributed by atoms with Crippen LogP contribution < -0.4 is 4.72 Å². The maximum atomic E-state index is 12.4. The molecule has 0 radical (unpaired) electrons. The number of rotatable bonds is 5. The van der Waals surface area contributed by atoms with Crippen molar-refractivity contribution in [2.24, 2.45) is 0 Å². The molecule has 0 spiro atoms. The molecule has 1 aromatic carbocycles. The molecule has 0 unspecified atom stereocenters. The van der Waals surface area contributed by atoms with Gasteiger partial charge in [-0.15, -0.1) is 11.3 Å². The third kappa shape index (κ3) is 5.03. The lowest BCUT2D eigenvalue weighted by Gasteiger charge is -2.11. The minimum absolute atomic E-state index is 0.0430. The summed E-state index contributed by atoms with van der Waals surface area (Å²) in [6, 6.07) is 4.46. The van der Waals surface area contributed by atoms with Crippen molar-refractivity contribution in [2.75, 3.05) is 11.8 Å². The lowest BCUT2D eigenvalue weighted by Crippen LogP contribution is -2.15. The van der Waals surface area contributed by atoms with Gasteiger partial charge in [-0.2, -0.15) is 13.2 Å². The average molecular weight is 432 g/mol. The largest absolute Gasteiger partial charge is 0.465 e. The molecule has 5 nitrogen and oxygen atoms in total. The Labute approximate surface area is 154 Å². The molecule has 12 heteroatoms. The highest BCUT2D eigenvalue weighted by Gasteiger charge is 2.30. The molecule has 0 aliphatic rings. The van der Waals surface area contributed by atoms with E-state index < -0.39 is 33.3 Å². The molecule has 0 saturated carbocycles. The second kappa shape index (κ2) is 7.44. The van der Waals surface area contributed by atoms with Gasteiger partial charge in [0.05, 0.1) is 17.8 Å². The van der Waals surface area contributed by atoms with Crippen LogP contribution in [0.25, 0.3) is 0 Å². The lowest BCUT2D eigenvalue weighted by atomic mass is 10.3. The van der Waals surface area contributed by atoms with Crippen LogP contribution in [0.2, 0.25) is 5.02 Å². The summed E-state index contributed by atoms with van der Waals surface area (Å²) in [5, 5.41) is 1.14. The Bertz CT molecular complexity index is 896. The van der Waals surface area contributed by atoms with Crippen LogP contribution in [0.5, 0.6) is 0 Å². The van der Waals surface area contributed by atoms with Crippen LogP contribution in [-0.4, -0.2) is 27.0 Å². The predicted octanol–water partition coefficient (Wildman–Crippen LogP) is 4.60. The van der Waals surface area contributed by atoms with E-state index in [2.05, 4.69) is 9.46 Å². The van der Waals surface area contributed by atoms with Crippen molar-refractivity contribution in [3.05, 3.63) is 39.5 Å². The van der Waals surface area contributed by atoms with E-state index in [1.807, 2.05) is 0 Å². The molecule has 136 valence electrons. The summed E-state index contributed by atoms with van der Waals surface area (Å²) in [6.07, 6.45) is 0. The van der Waals surface area contributed by atoms with Gasteiger partial charge >= 0.3 is 11.5 Å². The number of halogens is 4. The number of hydrogen-bond donors (Lipinski definition) is 1. The summed E-state index contributed by atoms with van der Waals surface area (Å²) in [4.78, 5) is 10.9. The van der Waals surface area contributed by atoms with Gasteiger partial charge in [0, 0.05) is 4.90 Å². The Morgan fingerprint density at radius 3 is 2.56 bits per heavy atom. The van der Waals surface area contributed by atoms with E-state index in [0.29, 0.717) is 0 Å². The van der Waals surface area contributed by atoms with Crippen molar-refractivity contribution < 1.29 is 31.1 Å². The molecular formula is C13H9ClF3NO4S3. The predicted molar refractivity (Wildman–Crippen MR) is 89.8 cm³/mol. The lowest BCUT2D eigenvalue weighted by molar-refractivity contribution is -0.0328. The van der Waals surface area contributed by atoms with Crippen LogP contribution in [0.1, 0.15) is 9.67 Å². The molecule has 2 aromatic rings.